The number of rotatable bonds is 9. The van der Waals surface area contributed by atoms with Crippen LogP contribution < -0.4 is 15.4 Å². The van der Waals surface area contributed by atoms with E-state index in [0.29, 0.717) is 6.54 Å². The van der Waals surface area contributed by atoms with Crippen molar-refractivity contribution in [1.29, 1.82) is 0 Å². The monoisotopic (exact) mass is 278 g/mol. The highest BCUT2D eigenvalue weighted by atomic mass is 16.5. The van der Waals surface area contributed by atoms with Crippen LogP contribution in [0.1, 0.15) is 33.1 Å². The Labute approximate surface area is 121 Å². The molecule has 0 spiro atoms. The Morgan fingerprint density at radius 3 is 2.80 bits per heavy atom. The molecule has 0 unspecified atom stereocenters. The second-order valence-corrected chi connectivity index (χ2v) is 5.35. The fourth-order valence-corrected chi connectivity index (χ4v) is 1.91. The molecular weight excluding hydrogens is 252 g/mol. The molecule has 1 amide bonds. The summed E-state index contributed by atoms with van der Waals surface area (Å²) < 4.78 is 5.11. The molecule has 0 atom stereocenters. The number of unbranched alkanes of at least 4 members (excludes halogenated alkanes) is 1. The molecule has 1 aromatic carbocycles. The van der Waals surface area contributed by atoms with Gasteiger partial charge >= 0.3 is 0 Å². The van der Waals surface area contributed by atoms with E-state index in [9.17, 15) is 4.79 Å². The van der Waals surface area contributed by atoms with E-state index in [0.717, 1.165) is 30.3 Å². The van der Waals surface area contributed by atoms with E-state index in [1.165, 1.54) is 12.8 Å². The smallest absolute Gasteiger partial charge is 0.238 e. The van der Waals surface area contributed by atoms with Crippen molar-refractivity contribution in [3.8, 4) is 5.75 Å². The highest BCUT2D eigenvalue weighted by Crippen LogP contribution is 2.16. The van der Waals surface area contributed by atoms with Crippen molar-refractivity contribution < 1.29 is 9.53 Å². The van der Waals surface area contributed by atoms with Crippen molar-refractivity contribution in [2.45, 2.75) is 33.1 Å². The van der Waals surface area contributed by atoms with Gasteiger partial charge in [-0.2, -0.15) is 0 Å². The third-order valence-electron chi connectivity index (χ3n) is 3.02. The van der Waals surface area contributed by atoms with Crippen LogP contribution in [0.25, 0.3) is 0 Å². The van der Waals surface area contributed by atoms with E-state index in [-0.39, 0.29) is 5.91 Å². The Bertz CT molecular complexity index is 405. The normalized spacial score (nSPS) is 10.6. The lowest BCUT2D eigenvalue weighted by molar-refractivity contribution is -0.115. The summed E-state index contributed by atoms with van der Waals surface area (Å²) in [5.41, 5.74) is 0.760. The maximum atomic E-state index is 11.7. The van der Waals surface area contributed by atoms with Gasteiger partial charge in [0.2, 0.25) is 5.91 Å². The van der Waals surface area contributed by atoms with Crippen molar-refractivity contribution in [2.75, 3.05) is 25.5 Å². The van der Waals surface area contributed by atoms with Gasteiger partial charge in [-0.25, -0.2) is 0 Å². The van der Waals surface area contributed by atoms with Gasteiger partial charge in [-0.15, -0.1) is 0 Å². The van der Waals surface area contributed by atoms with E-state index in [1.54, 1.807) is 13.2 Å². The van der Waals surface area contributed by atoms with Crippen molar-refractivity contribution in [3.63, 3.8) is 0 Å². The Kier molecular flexibility index (Phi) is 7.73. The van der Waals surface area contributed by atoms with Crippen molar-refractivity contribution >= 4 is 11.6 Å². The van der Waals surface area contributed by atoms with Gasteiger partial charge in [0.25, 0.3) is 0 Å². The van der Waals surface area contributed by atoms with Crippen LogP contribution in [0.2, 0.25) is 0 Å². The highest BCUT2D eigenvalue weighted by molar-refractivity contribution is 5.92. The summed E-state index contributed by atoms with van der Waals surface area (Å²) in [6, 6.07) is 7.36. The number of benzene rings is 1. The number of methoxy groups -OCH3 is 1. The number of carbonyl (C=O) groups is 1. The molecule has 0 heterocycles. The zero-order valence-electron chi connectivity index (χ0n) is 12.7. The van der Waals surface area contributed by atoms with E-state index in [2.05, 4.69) is 24.5 Å². The number of anilines is 1. The zero-order chi connectivity index (χ0) is 14.8. The predicted octanol–water partition coefficient (Wildman–Crippen LogP) is 3.05. The Balaban J connectivity index is 2.16. The van der Waals surface area contributed by atoms with Crippen LogP contribution >= 0.6 is 0 Å². The highest BCUT2D eigenvalue weighted by Gasteiger charge is 2.02. The van der Waals surface area contributed by atoms with Crippen LogP contribution in [-0.2, 0) is 4.79 Å². The topological polar surface area (TPSA) is 50.4 Å². The molecule has 1 rings (SSSR count). The molecule has 0 bridgehead atoms. The van der Waals surface area contributed by atoms with Crippen LogP contribution in [0.5, 0.6) is 5.75 Å². The lowest BCUT2D eigenvalue weighted by Crippen LogP contribution is -2.28. The minimum absolute atomic E-state index is 0.0258. The van der Waals surface area contributed by atoms with Crippen molar-refractivity contribution in [3.05, 3.63) is 24.3 Å². The van der Waals surface area contributed by atoms with Gasteiger partial charge in [0.1, 0.15) is 5.75 Å². The van der Waals surface area contributed by atoms with Gasteiger partial charge in [0.05, 0.1) is 13.7 Å². The maximum absolute atomic E-state index is 11.7. The maximum Gasteiger partial charge on any atom is 0.238 e. The molecule has 1 aromatic rings. The SMILES string of the molecule is COc1cccc(NC(=O)CNCCCCC(C)C)c1. The summed E-state index contributed by atoms with van der Waals surface area (Å²) in [5, 5.41) is 6.01. The summed E-state index contributed by atoms with van der Waals surface area (Å²) in [6.45, 7) is 5.70. The molecule has 0 aromatic heterocycles. The fourth-order valence-electron chi connectivity index (χ4n) is 1.91. The Morgan fingerprint density at radius 1 is 1.30 bits per heavy atom. The molecule has 0 aliphatic carbocycles. The first-order valence-electron chi connectivity index (χ1n) is 7.26. The summed E-state index contributed by atoms with van der Waals surface area (Å²) in [7, 11) is 1.61. The molecule has 0 fully saturated rings. The summed E-state index contributed by atoms with van der Waals surface area (Å²) >= 11 is 0. The predicted molar refractivity (Wildman–Crippen MR) is 83.2 cm³/mol. The zero-order valence-corrected chi connectivity index (χ0v) is 12.7. The number of carbonyl (C=O) groups excluding carboxylic acids is 1. The van der Waals surface area contributed by atoms with Crippen LogP contribution in [-0.4, -0.2) is 26.1 Å². The van der Waals surface area contributed by atoms with Gasteiger partial charge in [0, 0.05) is 11.8 Å². The van der Waals surface area contributed by atoms with Gasteiger partial charge in [0.15, 0.2) is 0 Å². The molecule has 0 radical (unpaired) electrons. The molecule has 2 N–H and O–H groups in total. The van der Waals surface area contributed by atoms with Crippen molar-refractivity contribution in [1.82, 2.24) is 5.32 Å². The molecule has 112 valence electrons. The van der Waals surface area contributed by atoms with Gasteiger partial charge < -0.3 is 15.4 Å². The van der Waals surface area contributed by atoms with Crippen LogP contribution in [0.3, 0.4) is 0 Å². The standard InChI is InChI=1S/C16H26N2O2/c1-13(2)7-4-5-10-17-12-16(19)18-14-8-6-9-15(11-14)20-3/h6,8-9,11,13,17H,4-5,7,10,12H2,1-3H3,(H,18,19). The van der Waals surface area contributed by atoms with Crippen molar-refractivity contribution in [2.24, 2.45) is 5.92 Å². The number of hydrogen-bond acceptors (Lipinski definition) is 3. The van der Waals surface area contributed by atoms with E-state index >= 15 is 0 Å². The molecule has 0 saturated carbocycles. The third kappa shape index (κ3) is 7.14. The minimum atomic E-state index is -0.0258. The first-order chi connectivity index (χ1) is 9.61. The Morgan fingerprint density at radius 2 is 2.10 bits per heavy atom. The van der Waals surface area contributed by atoms with E-state index in [1.807, 2.05) is 18.2 Å². The van der Waals surface area contributed by atoms with Crippen LogP contribution in [0.4, 0.5) is 5.69 Å². The molecule has 4 nitrogen and oxygen atoms in total. The summed E-state index contributed by atoms with van der Waals surface area (Å²) in [6.07, 6.45) is 3.57. The fraction of sp³-hybridized carbons (Fsp3) is 0.562. The second kappa shape index (κ2) is 9.37. The Hall–Kier alpha value is -1.55. The lowest BCUT2D eigenvalue weighted by atomic mass is 10.1. The summed E-state index contributed by atoms with van der Waals surface area (Å²) in [5.74, 6) is 1.47. The number of amides is 1. The third-order valence-corrected chi connectivity index (χ3v) is 3.02. The first kappa shape index (κ1) is 16.5. The molecule has 0 aliphatic heterocycles. The lowest BCUT2D eigenvalue weighted by Gasteiger charge is -2.08. The van der Waals surface area contributed by atoms with E-state index < -0.39 is 0 Å². The summed E-state index contributed by atoms with van der Waals surface area (Å²) in [4.78, 5) is 11.7. The molecule has 20 heavy (non-hydrogen) atoms. The molecule has 4 heteroatoms. The second-order valence-electron chi connectivity index (χ2n) is 5.35. The quantitative estimate of drug-likeness (QED) is 0.683. The minimum Gasteiger partial charge on any atom is -0.497 e. The number of hydrogen-bond donors (Lipinski definition) is 2. The average molecular weight is 278 g/mol. The molecule has 0 saturated heterocycles. The number of ether oxygens (including phenoxy) is 1. The number of nitrogens with one attached hydrogen (secondary N) is 2. The average Bonchev–Trinajstić information content (AvgIpc) is 2.42. The first-order valence-corrected chi connectivity index (χ1v) is 7.26. The van der Waals surface area contributed by atoms with E-state index in [4.69, 9.17) is 4.74 Å². The van der Waals surface area contributed by atoms with Gasteiger partial charge in [-0.3, -0.25) is 4.79 Å². The largest absolute Gasteiger partial charge is 0.497 e. The van der Waals surface area contributed by atoms with Crippen LogP contribution in [0, 0.1) is 5.92 Å². The van der Waals surface area contributed by atoms with Gasteiger partial charge in [-0.1, -0.05) is 32.8 Å². The van der Waals surface area contributed by atoms with Crippen LogP contribution in [0.15, 0.2) is 24.3 Å². The van der Waals surface area contributed by atoms with Gasteiger partial charge in [-0.05, 0) is 31.0 Å². The molecule has 0 aliphatic rings. The molecular formula is C16H26N2O2.